The van der Waals surface area contributed by atoms with Crippen LogP contribution in [0.15, 0.2) is 12.1 Å². The number of ether oxygens (including phenoxy) is 1. The number of benzene rings is 1. The number of hydrogen-bond donors (Lipinski definition) is 3. The Morgan fingerprint density at radius 2 is 1.94 bits per heavy atom. The number of aliphatic hydroxyl groups excluding tert-OH is 3. The lowest BCUT2D eigenvalue weighted by Gasteiger charge is -2.17. The summed E-state index contributed by atoms with van der Waals surface area (Å²) in [6.45, 7) is -0.692. The Morgan fingerprint density at radius 3 is 2.44 bits per heavy atom. The molecule has 0 spiro atoms. The van der Waals surface area contributed by atoms with Crippen molar-refractivity contribution in [2.45, 2.75) is 12.2 Å². The van der Waals surface area contributed by atoms with Crippen molar-refractivity contribution in [3.05, 3.63) is 29.3 Å². The fourth-order valence-corrected chi connectivity index (χ4v) is 1.23. The molecule has 3 N–H and O–H groups in total. The highest BCUT2D eigenvalue weighted by atomic mass is 19.2. The number of methoxy groups -OCH3 is 1. The maximum absolute atomic E-state index is 13.0. The van der Waals surface area contributed by atoms with Crippen molar-refractivity contribution in [1.29, 1.82) is 0 Å². The molecule has 1 aromatic rings. The van der Waals surface area contributed by atoms with Crippen LogP contribution in [0.1, 0.15) is 11.7 Å². The highest BCUT2D eigenvalue weighted by Crippen LogP contribution is 2.26. The summed E-state index contributed by atoms with van der Waals surface area (Å²) < 4.78 is 30.6. The van der Waals surface area contributed by atoms with E-state index in [4.69, 9.17) is 10.2 Å². The minimum Gasteiger partial charge on any atom is -0.494 e. The first-order chi connectivity index (χ1) is 7.51. The van der Waals surface area contributed by atoms with E-state index in [0.29, 0.717) is 0 Å². The fraction of sp³-hybridized carbons (Fsp3) is 0.400. The third kappa shape index (κ3) is 2.46. The molecular formula is C10H12F2O4. The molecule has 0 aliphatic carbocycles. The van der Waals surface area contributed by atoms with E-state index in [0.717, 1.165) is 19.2 Å². The number of hydrogen-bond acceptors (Lipinski definition) is 4. The predicted molar refractivity (Wildman–Crippen MR) is 51.0 cm³/mol. The zero-order valence-electron chi connectivity index (χ0n) is 8.52. The molecule has 4 nitrogen and oxygen atoms in total. The minimum atomic E-state index is -1.51. The monoisotopic (exact) mass is 234 g/mol. The SMILES string of the molecule is COc1cc(C(O)C(O)CO)cc(F)c1F. The van der Waals surface area contributed by atoms with Crippen LogP contribution >= 0.6 is 0 Å². The third-order valence-electron chi connectivity index (χ3n) is 2.13. The highest BCUT2D eigenvalue weighted by Gasteiger charge is 2.21. The van der Waals surface area contributed by atoms with Gasteiger partial charge in [0.15, 0.2) is 11.6 Å². The zero-order chi connectivity index (χ0) is 12.3. The summed E-state index contributed by atoms with van der Waals surface area (Å²) in [5, 5.41) is 27.2. The van der Waals surface area contributed by atoms with Gasteiger partial charge in [-0.05, 0) is 17.7 Å². The van der Waals surface area contributed by atoms with Crippen molar-refractivity contribution in [2.75, 3.05) is 13.7 Å². The van der Waals surface area contributed by atoms with Crippen molar-refractivity contribution < 1.29 is 28.8 Å². The molecule has 0 aromatic heterocycles. The van der Waals surface area contributed by atoms with Gasteiger partial charge in [-0.3, -0.25) is 0 Å². The third-order valence-corrected chi connectivity index (χ3v) is 2.13. The molecule has 0 radical (unpaired) electrons. The molecular weight excluding hydrogens is 222 g/mol. The first-order valence-corrected chi connectivity index (χ1v) is 4.51. The Hall–Kier alpha value is -1.24. The van der Waals surface area contributed by atoms with Gasteiger partial charge in [0.05, 0.1) is 13.7 Å². The van der Waals surface area contributed by atoms with E-state index in [1.807, 2.05) is 0 Å². The topological polar surface area (TPSA) is 69.9 Å². The van der Waals surface area contributed by atoms with Crippen LogP contribution in [0, 0.1) is 11.6 Å². The van der Waals surface area contributed by atoms with E-state index < -0.39 is 30.4 Å². The van der Waals surface area contributed by atoms with Gasteiger partial charge in [-0.2, -0.15) is 4.39 Å². The maximum Gasteiger partial charge on any atom is 0.200 e. The molecule has 0 saturated carbocycles. The molecule has 16 heavy (non-hydrogen) atoms. The molecule has 2 unspecified atom stereocenters. The molecule has 1 aromatic carbocycles. The van der Waals surface area contributed by atoms with E-state index >= 15 is 0 Å². The summed E-state index contributed by atoms with van der Waals surface area (Å²) in [5.41, 5.74) is -0.0719. The van der Waals surface area contributed by atoms with Crippen molar-refractivity contribution in [3.63, 3.8) is 0 Å². The Labute approximate surface area is 90.7 Å². The van der Waals surface area contributed by atoms with Gasteiger partial charge in [-0.15, -0.1) is 0 Å². The molecule has 1 rings (SSSR count). The second kappa shape index (κ2) is 5.20. The summed E-state index contributed by atoms with van der Waals surface area (Å²) in [4.78, 5) is 0. The second-order valence-electron chi connectivity index (χ2n) is 3.21. The van der Waals surface area contributed by atoms with Crippen LogP contribution in [-0.2, 0) is 0 Å². The van der Waals surface area contributed by atoms with Crippen LogP contribution < -0.4 is 4.74 Å². The van der Waals surface area contributed by atoms with Crippen LogP contribution in [0.3, 0.4) is 0 Å². The molecule has 90 valence electrons. The molecule has 0 aliphatic heterocycles. The first kappa shape index (κ1) is 12.8. The Morgan fingerprint density at radius 1 is 1.31 bits per heavy atom. The van der Waals surface area contributed by atoms with Gasteiger partial charge in [0.25, 0.3) is 0 Å². The molecule has 0 aliphatic rings. The lowest BCUT2D eigenvalue weighted by atomic mass is 10.0. The van der Waals surface area contributed by atoms with Gasteiger partial charge in [-0.25, -0.2) is 4.39 Å². The summed E-state index contributed by atoms with van der Waals surface area (Å²) in [6, 6.07) is 1.80. The largest absolute Gasteiger partial charge is 0.494 e. The molecule has 0 bridgehead atoms. The lowest BCUT2D eigenvalue weighted by Crippen LogP contribution is -2.22. The van der Waals surface area contributed by atoms with E-state index in [1.54, 1.807) is 0 Å². The molecule has 2 atom stereocenters. The van der Waals surface area contributed by atoms with Crippen LogP contribution in [0.2, 0.25) is 0 Å². The number of halogens is 2. The average Bonchev–Trinajstić information content (AvgIpc) is 2.30. The normalized spacial score (nSPS) is 14.6. The van der Waals surface area contributed by atoms with Gasteiger partial charge in [0.1, 0.15) is 12.2 Å². The Balaban J connectivity index is 3.10. The molecule has 0 amide bonds. The Kier molecular flexibility index (Phi) is 4.17. The standard InChI is InChI=1S/C10H12F2O4/c1-16-8-3-5(2-6(11)9(8)12)10(15)7(14)4-13/h2-3,7,10,13-15H,4H2,1H3. The average molecular weight is 234 g/mol. The summed E-state index contributed by atoms with van der Waals surface area (Å²) in [6.07, 6.45) is -2.97. The smallest absolute Gasteiger partial charge is 0.200 e. The van der Waals surface area contributed by atoms with E-state index in [1.165, 1.54) is 0 Å². The van der Waals surface area contributed by atoms with Crippen molar-refractivity contribution in [2.24, 2.45) is 0 Å². The fourth-order valence-electron chi connectivity index (χ4n) is 1.23. The maximum atomic E-state index is 13.0. The van der Waals surface area contributed by atoms with Crippen LogP contribution in [0.4, 0.5) is 8.78 Å². The van der Waals surface area contributed by atoms with Gasteiger partial charge >= 0.3 is 0 Å². The Bertz CT molecular complexity index is 370. The highest BCUT2D eigenvalue weighted by molar-refractivity contribution is 5.33. The summed E-state index contributed by atoms with van der Waals surface area (Å²) in [5.74, 6) is -2.74. The lowest BCUT2D eigenvalue weighted by molar-refractivity contribution is -0.0155. The first-order valence-electron chi connectivity index (χ1n) is 4.51. The van der Waals surface area contributed by atoms with Gasteiger partial charge in [-0.1, -0.05) is 0 Å². The second-order valence-corrected chi connectivity index (χ2v) is 3.21. The van der Waals surface area contributed by atoms with Crippen molar-refractivity contribution in [3.8, 4) is 5.75 Å². The molecule has 0 saturated heterocycles. The van der Waals surface area contributed by atoms with E-state index in [2.05, 4.69) is 4.74 Å². The van der Waals surface area contributed by atoms with Crippen molar-refractivity contribution in [1.82, 2.24) is 0 Å². The van der Waals surface area contributed by atoms with Crippen LogP contribution in [-0.4, -0.2) is 35.1 Å². The van der Waals surface area contributed by atoms with Gasteiger partial charge in [0, 0.05) is 0 Å². The predicted octanol–water partition coefficient (Wildman–Crippen LogP) is 0.360. The molecule has 6 heteroatoms. The molecule has 0 heterocycles. The van der Waals surface area contributed by atoms with Gasteiger partial charge in [0.2, 0.25) is 5.82 Å². The molecule has 0 fully saturated rings. The van der Waals surface area contributed by atoms with E-state index in [-0.39, 0.29) is 11.3 Å². The summed E-state index contributed by atoms with van der Waals surface area (Å²) >= 11 is 0. The zero-order valence-corrected chi connectivity index (χ0v) is 8.52. The minimum absolute atomic E-state index is 0.0719. The quantitative estimate of drug-likeness (QED) is 0.703. The summed E-state index contributed by atoms with van der Waals surface area (Å²) in [7, 11) is 1.15. The van der Waals surface area contributed by atoms with Crippen LogP contribution in [0.5, 0.6) is 5.75 Å². The number of aliphatic hydroxyl groups is 3. The van der Waals surface area contributed by atoms with Crippen molar-refractivity contribution >= 4 is 0 Å². The van der Waals surface area contributed by atoms with Crippen LogP contribution in [0.25, 0.3) is 0 Å². The van der Waals surface area contributed by atoms with Gasteiger partial charge < -0.3 is 20.1 Å². The van der Waals surface area contributed by atoms with E-state index in [9.17, 15) is 13.9 Å². The number of rotatable bonds is 4.